The SMILES string of the molecule is CC(C)NC(=O)C1CC(c2ccccc2O)=NO1. The Balaban J connectivity index is 2.04. The number of carbonyl (C=O) groups is 1. The number of hydrogen-bond donors (Lipinski definition) is 2. The lowest BCUT2D eigenvalue weighted by atomic mass is 10.0. The lowest BCUT2D eigenvalue weighted by Gasteiger charge is -2.11. The van der Waals surface area contributed by atoms with E-state index in [1.54, 1.807) is 24.3 Å². The molecule has 0 fully saturated rings. The third-order valence-corrected chi connectivity index (χ3v) is 2.61. The van der Waals surface area contributed by atoms with Crippen LogP contribution in [0.5, 0.6) is 5.75 Å². The summed E-state index contributed by atoms with van der Waals surface area (Å²) in [6.07, 6.45) is -0.238. The lowest BCUT2D eigenvalue weighted by Crippen LogP contribution is -2.38. The molecular weight excluding hydrogens is 232 g/mol. The number of phenolic OH excluding ortho intramolecular Hbond substituents is 1. The fourth-order valence-electron chi connectivity index (χ4n) is 1.77. The molecule has 1 aliphatic heterocycles. The summed E-state index contributed by atoms with van der Waals surface area (Å²) in [5.41, 5.74) is 1.20. The van der Waals surface area contributed by atoms with E-state index >= 15 is 0 Å². The van der Waals surface area contributed by atoms with Gasteiger partial charge in [0, 0.05) is 18.0 Å². The highest BCUT2D eigenvalue weighted by Gasteiger charge is 2.29. The topological polar surface area (TPSA) is 70.9 Å². The van der Waals surface area contributed by atoms with E-state index in [0.717, 1.165) is 0 Å². The summed E-state index contributed by atoms with van der Waals surface area (Å²) in [7, 11) is 0. The van der Waals surface area contributed by atoms with Crippen molar-refractivity contribution in [3.8, 4) is 5.75 Å². The van der Waals surface area contributed by atoms with Crippen LogP contribution in [0.4, 0.5) is 0 Å². The zero-order valence-electron chi connectivity index (χ0n) is 10.4. The molecule has 1 aliphatic rings. The van der Waals surface area contributed by atoms with Gasteiger partial charge in [0.2, 0.25) is 6.10 Å². The maximum atomic E-state index is 11.7. The molecule has 2 rings (SSSR count). The first-order chi connectivity index (χ1) is 8.58. The molecule has 0 radical (unpaired) electrons. The highest BCUT2D eigenvalue weighted by atomic mass is 16.6. The van der Waals surface area contributed by atoms with Crippen LogP contribution in [0.25, 0.3) is 0 Å². The number of rotatable bonds is 3. The van der Waals surface area contributed by atoms with Gasteiger partial charge in [0.1, 0.15) is 5.75 Å². The summed E-state index contributed by atoms with van der Waals surface area (Å²) < 4.78 is 0. The van der Waals surface area contributed by atoms with Gasteiger partial charge in [-0.2, -0.15) is 0 Å². The van der Waals surface area contributed by atoms with Crippen LogP contribution in [0.1, 0.15) is 25.8 Å². The van der Waals surface area contributed by atoms with Crippen molar-refractivity contribution < 1.29 is 14.7 Å². The number of hydrogen-bond acceptors (Lipinski definition) is 4. The molecule has 0 bridgehead atoms. The van der Waals surface area contributed by atoms with Crippen molar-refractivity contribution in [1.29, 1.82) is 0 Å². The van der Waals surface area contributed by atoms with Gasteiger partial charge in [0.25, 0.3) is 5.91 Å². The van der Waals surface area contributed by atoms with E-state index in [1.165, 1.54) is 0 Å². The highest BCUT2D eigenvalue weighted by molar-refractivity contribution is 6.05. The lowest BCUT2D eigenvalue weighted by molar-refractivity contribution is -0.131. The van der Waals surface area contributed by atoms with Crippen molar-refractivity contribution in [2.24, 2.45) is 5.16 Å². The summed E-state index contributed by atoms with van der Waals surface area (Å²) in [5, 5.41) is 16.3. The second-order valence-corrected chi connectivity index (χ2v) is 4.52. The van der Waals surface area contributed by atoms with E-state index in [2.05, 4.69) is 10.5 Å². The fraction of sp³-hybridized carbons (Fsp3) is 0.385. The van der Waals surface area contributed by atoms with E-state index < -0.39 is 6.10 Å². The molecule has 1 atom stereocenters. The van der Waals surface area contributed by atoms with Crippen molar-refractivity contribution >= 4 is 11.6 Å². The van der Waals surface area contributed by atoms with Gasteiger partial charge in [-0.3, -0.25) is 4.79 Å². The predicted octanol–water partition coefficient (Wildman–Crippen LogP) is 1.41. The van der Waals surface area contributed by atoms with Crippen molar-refractivity contribution in [2.75, 3.05) is 0 Å². The largest absolute Gasteiger partial charge is 0.507 e. The maximum absolute atomic E-state index is 11.7. The normalized spacial score (nSPS) is 18.4. The van der Waals surface area contributed by atoms with Crippen LogP contribution in [-0.4, -0.2) is 28.9 Å². The first kappa shape index (κ1) is 12.4. The Labute approximate surface area is 105 Å². The number of amides is 1. The Hall–Kier alpha value is -2.04. The maximum Gasteiger partial charge on any atom is 0.264 e. The minimum atomic E-state index is -0.609. The summed E-state index contributed by atoms with van der Waals surface area (Å²) >= 11 is 0. The Kier molecular flexibility index (Phi) is 3.50. The zero-order chi connectivity index (χ0) is 13.1. The van der Waals surface area contributed by atoms with Crippen LogP contribution in [0.3, 0.4) is 0 Å². The van der Waals surface area contributed by atoms with Crippen LogP contribution >= 0.6 is 0 Å². The minimum absolute atomic E-state index is 0.0651. The first-order valence-corrected chi connectivity index (χ1v) is 5.89. The molecule has 18 heavy (non-hydrogen) atoms. The Bertz CT molecular complexity index is 483. The van der Waals surface area contributed by atoms with E-state index in [-0.39, 0.29) is 17.7 Å². The van der Waals surface area contributed by atoms with Crippen molar-refractivity contribution in [2.45, 2.75) is 32.4 Å². The third-order valence-electron chi connectivity index (χ3n) is 2.61. The standard InChI is InChI=1S/C13H16N2O3/c1-8(2)14-13(17)12-7-10(15-18-12)9-5-3-4-6-11(9)16/h3-6,8,12,16H,7H2,1-2H3,(H,14,17). The average Bonchev–Trinajstić information content (AvgIpc) is 2.78. The number of oxime groups is 1. The molecule has 1 aromatic rings. The summed E-state index contributed by atoms with van der Waals surface area (Å²) in [4.78, 5) is 16.8. The second kappa shape index (κ2) is 5.08. The van der Waals surface area contributed by atoms with Crippen LogP contribution in [-0.2, 0) is 9.63 Å². The molecule has 1 amide bonds. The number of aromatic hydroxyl groups is 1. The van der Waals surface area contributed by atoms with Gasteiger partial charge in [0.15, 0.2) is 0 Å². The van der Waals surface area contributed by atoms with Crippen LogP contribution in [0.2, 0.25) is 0 Å². The van der Waals surface area contributed by atoms with Crippen LogP contribution in [0.15, 0.2) is 29.4 Å². The van der Waals surface area contributed by atoms with Gasteiger partial charge in [-0.1, -0.05) is 17.3 Å². The molecule has 5 heteroatoms. The third kappa shape index (κ3) is 2.61. The molecule has 0 spiro atoms. The van der Waals surface area contributed by atoms with Gasteiger partial charge in [0.05, 0.1) is 5.71 Å². The fourth-order valence-corrected chi connectivity index (χ4v) is 1.77. The number of benzene rings is 1. The van der Waals surface area contributed by atoms with Gasteiger partial charge >= 0.3 is 0 Å². The number of phenols is 1. The number of nitrogens with zero attached hydrogens (tertiary/aromatic N) is 1. The molecule has 5 nitrogen and oxygen atoms in total. The quantitative estimate of drug-likeness (QED) is 0.849. The van der Waals surface area contributed by atoms with Gasteiger partial charge in [-0.25, -0.2) is 0 Å². The predicted molar refractivity (Wildman–Crippen MR) is 67.4 cm³/mol. The van der Waals surface area contributed by atoms with E-state index in [9.17, 15) is 9.90 Å². The van der Waals surface area contributed by atoms with Crippen molar-refractivity contribution in [3.63, 3.8) is 0 Å². The Morgan fingerprint density at radius 1 is 1.50 bits per heavy atom. The molecular formula is C13H16N2O3. The van der Waals surface area contributed by atoms with E-state index in [0.29, 0.717) is 17.7 Å². The molecule has 1 unspecified atom stereocenters. The summed E-state index contributed by atoms with van der Waals surface area (Å²) in [6.45, 7) is 3.77. The molecule has 1 heterocycles. The molecule has 2 N–H and O–H groups in total. The summed E-state index contributed by atoms with van der Waals surface area (Å²) in [5.74, 6) is -0.0380. The number of para-hydroxylation sites is 1. The molecule has 0 saturated heterocycles. The van der Waals surface area contributed by atoms with E-state index in [1.807, 2.05) is 13.8 Å². The molecule has 1 aromatic carbocycles. The van der Waals surface area contributed by atoms with Gasteiger partial charge < -0.3 is 15.3 Å². The monoisotopic (exact) mass is 248 g/mol. The van der Waals surface area contributed by atoms with Crippen LogP contribution in [0, 0.1) is 0 Å². The first-order valence-electron chi connectivity index (χ1n) is 5.89. The van der Waals surface area contributed by atoms with Crippen LogP contribution < -0.4 is 5.32 Å². The smallest absolute Gasteiger partial charge is 0.264 e. The van der Waals surface area contributed by atoms with E-state index in [4.69, 9.17) is 4.84 Å². The molecule has 96 valence electrons. The number of carbonyl (C=O) groups excluding carboxylic acids is 1. The second-order valence-electron chi connectivity index (χ2n) is 4.52. The minimum Gasteiger partial charge on any atom is -0.507 e. The molecule has 0 aliphatic carbocycles. The zero-order valence-corrected chi connectivity index (χ0v) is 10.4. The van der Waals surface area contributed by atoms with Gasteiger partial charge in [-0.05, 0) is 26.0 Å². The molecule has 0 saturated carbocycles. The summed E-state index contributed by atoms with van der Waals surface area (Å²) in [6, 6.07) is 6.94. The van der Waals surface area contributed by atoms with Gasteiger partial charge in [-0.15, -0.1) is 0 Å². The van der Waals surface area contributed by atoms with Crippen molar-refractivity contribution in [3.05, 3.63) is 29.8 Å². The average molecular weight is 248 g/mol. The van der Waals surface area contributed by atoms with Crippen molar-refractivity contribution in [1.82, 2.24) is 5.32 Å². The molecule has 0 aromatic heterocycles. The highest BCUT2D eigenvalue weighted by Crippen LogP contribution is 2.23. The Morgan fingerprint density at radius 3 is 2.89 bits per heavy atom. The Morgan fingerprint density at radius 2 is 2.22 bits per heavy atom. The number of nitrogens with one attached hydrogen (secondary N) is 1.